The molecule has 1 atom stereocenters. The number of hydrogen-bond donors (Lipinski definition) is 2. The molecular formula is C13H18F2N2O4. The molecule has 0 saturated heterocycles. The van der Waals surface area contributed by atoms with Crippen molar-refractivity contribution in [2.24, 2.45) is 0 Å². The van der Waals surface area contributed by atoms with Crippen LogP contribution in [0.5, 0.6) is 5.75 Å². The third kappa shape index (κ3) is 5.60. The molecule has 0 saturated carbocycles. The number of nitrogens with one attached hydrogen (secondary N) is 1. The van der Waals surface area contributed by atoms with Gasteiger partial charge >= 0.3 is 5.69 Å². The van der Waals surface area contributed by atoms with E-state index in [0.717, 1.165) is 0 Å². The van der Waals surface area contributed by atoms with E-state index in [0.29, 0.717) is 12.1 Å². The quantitative estimate of drug-likeness (QED) is 0.620. The van der Waals surface area contributed by atoms with Crippen LogP contribution in [0, 0.1) is 21.7 Å². The second-order valence-corrected chi connectivity index (χ2v) is 5.59. The van der Waals surface area contributed by atoms with Crippen molar-refractivity contribution >= 4 is 5.69 Å². The maximum absolute atomic E-state index is 13.5. The van der Waals surface area contributed by atoms with Gasteiger partial charge < -0.3 is 15.2 Å². The van der Waals surface area contributed by atoms with Crippen molar-refractivity contribution < 1.29 is 23.5 Å². The van der Waals surface area contributed by atoms with Gasteiger partial charge in [-0.3, -0.25) is 10.1 Å². The van der Waals surface area contributed by atoms with E-state index in [2.05, 4.69) is 5.32 Å². The van der Waals surface area contributed by atoms with Crippen molar-refractivity contribution in [3.63, 3.8) is 0 Å². The summed E-state index contributed by atoms with van der Waals surface area (Å²) in [5, 5.41) is 23.1. The summed E-state index contributed by atoms with van der Waals surface area (Å²) in [5.74, 6) is -2.73. The van der Waals surface area contributed by atoms with Crippen LogP contribution in [-0.4, -0.2) is 34.8 Å². The molecular weight excluding hydrogens is 286 g/mol. The summed E-state index contributed by atoms with van der Waals surface area (Å²) in [7, 11) is 0. The average Bonchev–Trinajstić information content (AvgIpc) is 2.35. The van der Waals surface area contributed by atoms with E-state index in [-0.39, 0.29) is 18.7 Å². The minimum atomic E-state index is -1.20. The van der Waals surface area contributed by atoms with E-state index >= 15 is 0 Å². The Morgan fingerprint density at radius 2 is 2.00 bits per heavy atom. The number of benzene rings is 1. The predicted molar refractivity (Wildman–Crippen MR) is 72.3 cm³/mol. The fourth-order valence-electron chi connectivity index (χ4n) is 1.44. The summed E-state index contributed by atoms with van der Waals surface area (Å²) in [6.45, 7) is 5.67. The SMILES string of the molecule is CC(C)(C)NCC(O)COc1cc(F)c([N+](=O)[O-])cc1F. The number of hydrogen-bond acceptors (Lipinski definition) is 5. The third-order valence-electron chi connectivity index (χ3n) is 2.50. The number of aliphatic hydroxyl groups excluding tert-OH is 1. The molecule has 1 aromatic carbocycles. The van der Waals surface area contributed by atoms with E-state index < -0.39 is 34.1 Å². The highest BCUT2D eigenvalue weighted by atomic mass is 19.1. The molecule has 118 valence electrons. The molecule has 0 radical (unpaired) electrons. The molecule has 1 rings (SSSR count). The lowest BCUT2D eigenvalue weighted by molar-refractivity contribution is -0.387. The highest BCUT2D eigenvalue weighted by molar-refractivity contribution is 5.39. The van der Waals surface area contributed by atoms with Gasteiger partial charge in [0.1, 0.15) is 12.7 Å². The molecule has 2 N–H and O–H groups in total. The molecule has 0 aromatic heterocycles. The Morgan fingerprint density at radius 1 is 1.38 bits per heavy atom. The molecule has 0 aliphatic rings. The Kier molecular flexibility index (Phi) is 5.56. The lowest BCUT2D eigenvalue weighted by Crippen LogP contribution is -2.42. The van der Waals surface area contributed by atoms with Gasteiger partial charge in [0, 0.05) is 18.2 Å². The first kappa shape index (κ1) is 17.3. The van der Waals surface area contributed by atoms with E-state index in [4.69, 9.17) is 4.74 Å². The Labute approximate surface area is 120 Å². The predicted octanol–water partition coefficient (Wildman–Crippen LogP) is 2.00. The normalized spacial score (nSPS) is 13.0. The number of rotatable bonds is 6. The topological polar surface area (TPSA) is 84.6 Å². The van der Waals surface area contributed by atoms with Crippen LogP contribution < -0.4 is 10.1 Å². The molecule has 0 spiro atoms. The van der Waals surface area contributed by atoms with Gasteiger partial charge in [0.2, 0.25) is 5.82 Å². The molecule has 21 heavy (non-hydrogen) atoms. The summed E-state index contributed by atoms with van der Waals surface area (Å²) in [5.41, 5.74) is -1.17. The maximum Gasteiger partial charge on any atom is 0.307 e. The molecule has 8 heteroatoms. The minimum absolute atomic E-state index is 0.203. The van der Waals surface area contributed by atoms with E-state index in [1.165, 1.54) is 0 Å². The first-order chi connectivity index (χ1) is 9.60. The molecule has 6 nitrogen and oxygen atoms in total. The molecule has 0 fully saturated rings. The van der Waals surface area contributed by atoms with Gasteiger partial charge in [0.15, 0.2) is 11.6 Å². The van der Waals surface area contributed by atoms with Crippen LogP contribution in [-0.2, 0) is 0 Å². The standard InChI is InChI=1S/C13H18F2N2O4/c1-13(2,3)16-6-8(18)7-21-12-5-9(14)11(17(19)20)4-10(12)15/h4-5,8,16,18H,6-7H2,1-3H3. The first-order valence-electron chi connectivity index (χ1n) is 6.29. The molecule has 0 aliphatic carbocycles. The van der Waals surface area contributed by atoms with Gasteiger partial charge in [-0.25, -0.2) is 4.39 Å². The molecule has 1 aromatic rings. The first-order valence-corrected chi connectivity index (χ1v) is 6.29. The van der Waals surface area contributed by atoms with Crippen molar-refractivity contribution in [2.75, 3.05) is 13.2 Å². The molecule has 0 amide bonds. The number of nitrogens with zero attached hydrogens (tertiary/aromatic N) is 1. The van der Waals surface area contributed by atoms with Crippen LogP contribution in [0.3, 0.4) is 0 Å². The van der Waals surface area contributed by atoms with Crippen LogP contribution in [0.4, 0.5) is 14.5 Å². The van der Waals surface area contributed by atoms with Gasteiger partial charge in [-0.2, -0.15) is 4.39 Å². The van der Waals surface area contributed by atoms with Crippen molar-refractivity contribution in [1.82, 2.24) is 5.32 Å². The number of β-amino-alcohol motifs (C(OH)–C–C–N with tert-alkyl or cyclic N) is 1. The molecule has 0 aliphatic heterocycles. The number of nitro groups is 1. The third-order valence-corrected chi connectivity index (χ3v) is 2.50. The maximum atomic E-state index is 13.5. The Hall–Kier alpha value is -1.80. The molecule has 0 bridgehead atoms. The second-order valence-electron chi connectivity index (χ2n) is 5.59. The minimum Gasteiger partial charge on any atom is -0.488 e. The fraction of sp³-hybridized carbons (Fsp3) is 0.538. The van der Waals surface area contributed by atoms with Crippen LogP contribution >= 0.6 is 0 Å². The lowest BCUT2D eigenvalue weighted by atomic mass is 10.1. The number of aliphatic hydroxyl groups is 1. The largest absolute Gasteiger partial charge is 0.488 e. The molecule has 1 unspecified atom stereocenters. The molecule has 0 heterocycles. The smallest absolute Gasteiger partial charge is 0.307 e. The van der Waals surface area contributed by atoms with Gasteiger partial charge in [0.05, 0.1) is 11.0 Å². The van der Waals surface area contributed by atoms with Gasteiger partial charge in [-0.15, -0.1) is 0 Å². The van der Waals surface area contributed by atoms with Crippen molar-refractivity contribution in [3.8, 4) is 5.75 Å². The second kappa shape index (κ2) is 6.77. The van der Waals surface area contributed by atoms with Gasteiger partial charge in [0.25, 0.3) is 0 Å². The Bertz CT molecular complexity index is 518. The summed E-state index contributed by atoms with van der Waals surface area (Å²) in [6, 6.07) is 1.04. The summed E-state index contributed by atoms with van der Waals surface area (Å²) < 4.78 is 31.8. The van der Waals surface area contributed by atoms with Crippen LogP contribution in [0.15, 0.2) is 12.1 Å². The van der Waals surface area contributed by atoms with Crippen LogP contribution in [0.2, 0.25) is 0 Å². The monoisotopic (exact) mass is 304 g/mol. The van der Waals surface area contributed by atoms with E-state index in [9.17, 15) is 24.0 Å². The number of ether oxygens (including phenoxy) is 1. The number of nitro benzene ring substituents is 1. The van der Waals surface area contributed by atoms with E-state index in [1.807, 2.05) is 20.8 Å². The highest BCUT2D eigenvalue weighted by Crippen LogP contribution is 2.26. The Balaban J connectivity index is 2.64. The summed E-state index contributed by atoms with van der Waals surface area (Å²) in [6.07, 6.45) is -0.929. The fourth-order valence-corrected chi connectivity index (χ4v) is 1.44. The lowest BCUT2D eigenvalue weighted by Gasteiger charge is -2.23. The van der Waals surface area contributed by atoms with Crippen molar-refractivity contribution in [2.45, 2.75) is 32.4 Å². The zero-order valence-electron chi connectivity index (χ0n) is 12.0. The number of halogens is 2. The van der Waals surface area contributed by atoms with Gasteiger partial charge in [-0.05, 0) is 20.8 Å². The van der Waals surface area contributed by atoms with Crippen LogP contribution in [0.1, 0.15) is 20.8 Å². The summed E-state index contributed by atoms with van der Waals surface area (Å²) >= 11 is 0. The Morgan fingerprint density at radius 3 is 2.52 bits per heavy atom. The zero-order valence-corrected chi connectivity index (χ0v) is 12.0. The zero-order chi connectivity index (χ0) is 16.2. The summed E-state index contributed by atoms with van der Waals surface area (Å²) in [4.78, 5) is 9.42. The van der Waals surface area contributed by atoms with Crippen molar-refractivity contribution in [1.29, 1.82) is 0 Å². The van der Waals surface area contributed by atoms with Crippen molar-refractivity contribution in [3.05, 3.63) is 33.9 Å². The average molecular weight is 304 g/mol. The van der Waals surface area contributed by atoms with Gasteiger partial charge in [-0.1, -0.05) is 0 Å². The van der Waals surface area contributed by atoms with Crippen LogP contribution in [0.25, 0.3) is 0 Å². The van der Waals surface area contributed by atoms with E-state index in [1.54, 1.807) is 0 Å². The highest BCUT2D eigenvalue weighted by Gasteiger charge is 2.20.